The normalized spacial score (nSPS) is 11.8. The van der Waals surface area contributed by atoms with Crippen molar-refractivity contribution >= 4 is 28.7 Å². The van der Waals surface area contributed by atoms with Crippen LogP contribution in [0.25, 0.3) is 10.9 Å². The monoisotopic (exact) mass is 332 g/mol. The molecule has 0 unspecified atom stereocenters. The van der Waals surface area contributed by atoms with Crippen molar-refractivity contribution in [3.05, 3.63) is 30.0 Å². The third kappa shape index (κ3) is 4.31. The zero-order chi connectivity index (χ0) is 17.5. The van der Waals surface area contributed by atoms with Gasteiger partial charge < -0.3 is 15.4 Å². The van der Waals surface area contributed by atoms with Crippen LogP contribution in [0.5, 0.6) is 0 Å². The highest BCUT2D eigenvalue weighted by atomic mass is 16.5. The van der Waals surface area contributed by atoms with Gasteiger partial charge in [-0.3, -0.25) is 14.7 Å². The van der Waals surface area contributed by atoms with Gasteiger partial charge in [-0.15, -0.1) is 0 Å². The largest absolute Gasteiger partial charge is 0.451 e. The number of aromatic amines is 1. The van der Waals surface area contributed by atoms with Crippen LogP contribution in [-0.2, 0) is 14.3 Å². The number of carbonyl (C=O) groups excluding carboxylic acids is 3. The molecule has 1 atom stereocenters. The Kier molecular flexibility index (Phi) is 5.89. The number of ether oxygens (including phenoxy) is 1. The molecule has 8 nitrogen and oxygen atoms in total. The molecule has 2 aromatic rings. The number of aromatic nitrogens is 2. The van der Waals surface area contributed by atoms with Crippen molar-refractivity contribution in [1.29, 1.82) is 0 Å². The van der Waals surface area contributed by atoms with Gasteiger partial charge in [0.25, 0.3) is 5.91 Å². The van der Waals surface area contributed by atoms with Gasteiger partial charge in [0.05, 0.1) is 5.52 Å². The van der Waals surface area contributed by atoms with Crippen molar-refractivity contribution in [3.63, 3.8) is 0 Å². The lowest BCUT2D eigenvalue weighted by Gasteiger charge is -2.13. The standard InChI is InChI=1S/C16H20N4O4/c1-3-8-17-15(22)10(2)18-13(21)9-24-16(23)14-11-6-4-5-7-12(11)19-20-14/h4-7,10H,3,8-9H2,1-2H3,(H,17,22)(H,18,21)(H,19,20)/t10-/m0/s1. The lowest BCUT2D eigenvalue weighted by molar-refractivity contribution is -0.130. The van der Waals surface area contributed by atoms with Crippen LogP contribution in [0.1, 0.15) is 30.8 Å². The first kappa shape index (κ1) is 17.5. The lowest BCUT2D eigenvalue weighted by atomic mass is 10.2. The van der Waals surface area contributed by atoms with Crippen LogP contribution in [0.15, 0.2) is 24.3 Å². The minimum Gasteiger partial charge on any atom is -0.451 e. The molecule has 0 fully saturated rings. The number of rotatable bonds is 7. The number of hydrogen-bond donors (Lipinski definition) is 3. The summed E-state index contributed by atoms with van der Waals surface area (Å²) in [5, 5.41) is 12.4. The Morgan fingerprint density at radius 2 is 2.04 bits per heavy atom. The van der Waals surface area contributed by atoms with Crippen LogP contribution in [0.3, 0.4) is 0 Å². The molecule has 1 aromatic carbocycles. The molecule has 1 aromatic heterocycles. The van der Waals surface area contributed by atoms with E-state index in [0.717, 1.165) is 6.42 Å². The Bertz CT molecular complexity index is 741. The zero-order valence-electron chi connectivity index (χ0n) is 13.6. The molecule has 2 amide bonds. The summed E-state index contributed by atoms with van der Waals surface area (Å²) >= 11 is 0. The summed E-state index contributed by atoms with van der Waals surface area (Å²) in [6.07, 6.45) is 0.807. The SMILES string of the molecule is CCCNC(=O)[C@H](C)NC(=O)COC(=O)c1n[nH]c2ccccc12. The molecule has 0 aliphatic carbocycles. The number of hydrogen-bond acceptors (Lipinski definition) is 5. The van der Waals surface area contributed by atoms with E-state index in [1.807, 2.05) is 13.0 Å². The Balaban J connectivity index is 1.85. The number of fused-ring (bicyclic) bond motifs is 1. The number of esters is 1. The van der Waals surface area contributed by atoms with Gasteiger partial charge in [0.15, 0.2) is 12.3 Å². The van der Waals surface area contributed by atoms with Crippen LogP contribution in [0.2, 0.25) is 0 Å². The average molecular weight is 332 g/mol. The van der Waals surface area contributed by atoms with Crippen LogP contribution < -0.4 is 10.6 Å². The van der Waals surface area contributed by atoms with Gasteiger partial charge in [0.2, 0.25) is 5.91 Å². The van der Waals surface area contributed by atoms with Crippen LogP contribution in [-0.4, -0.2) is 47.2 Å². The van der Waals surface area contributed by atoms with E-state index in [4.69, 9.17) is 4.74 Å². The molecule has 0 radical (unpaired) electrons. The minimum absolute atomic E-state index is 0.118. The molecule has 24 heavy (non-hydrogen) atoms. The van der Waals surface area contributed by atoms with Crippen molar-refractivity contribution in [2.24, 2.45) is 0 Å². The number of H-pyrrole nitrogens is 1. The predicted octanol–water partition coefficient (Wildman–Crippen LogP) is 0.751. The Morgan fingerprint density at radius 1 is 1.29 bits per heavy atom. The van der Waals surface area contributed by atoms with Crippen LogP contribution >= 0.6 is 0 Å². The van der Waals surface area contributed by atoms with Gasteiger partial charge in [0.1, 0.15) is 6.04 Å². The summed E-state index contributed by atoms with van der Waals surface area (Å²) in [4.78, 5) is 35.5. The van der Waals surface area contributed by atoms with Crippen molar-refractivity contribution in [1.82, 2.24) is 20.8 Å². The van der Waals surface area contributed by atoms with Gasteiger partial charge in [0, 0.05) is 11.9 Å². The maximum Gasteiger partial charge on any atom is 0.359 e. The first-order valence-corrected chi connectivity index (χ1v) is 7.70. The van der Waals surface area contributed by atoms with E-state index < -0.39 is 24.5 Å². The van der Waals surface area contributed by atoms with Crippen molar-refractivity contribution < 1.29 is 19.1 Å². The molecule has 0 aliphatic rings. The summed E-state index contributed by atoms with van der Waals surface area (Å²) in [5.74, 6) is -1.54. The van der Waals surface area contributed by atoms with Crippen LogP contribution in [0.4, 0.5) is 0 Å². The lowest BCUT2D eigenvalue weighted by Crippen LogP contribution is -2.46. The molecule has 0 spiro atoms. The molecule has 3 N–H and O–H groups in total. The zero-order valence-corrected chi connectivity index (χ0v) is 13.6. The van der Waals surface area contributed by atoms with E-state index in [-0.39, 0.29) is 11.6 Å². The van der Waals surface area contributed by atoms with Gasteiger partial charge >= 0.3 is 5.97 Å². The quantitative estimate of drug-likeness (QED) is 0.648. The smallest absolute Gasteiger partial charge is 0.359 e. The summed E-state index contributed by atoms with van der Waals surface area (Å²) in [6.45, 7) is 3.55. The van der Waals surface area contributed by atoms with E-state index in [1.165, 1.54) is 0 Å². The fraction of sp³-hybridized carbons (Fsp3) is 0.375. The highest BCUT2D eigenvalue weighted by molar-refractivity contribution is 6.02. The second-order valence-corrected chi connectivity index (χ2v) is 5.27. The van der Waals surface area contributed by atoms with Gasteiger partial charge in [-0.2, -0.15) is 5.10 Å². The summed E-state index contributed by atoms with van der Waals surface area (Å²) < 4.78 is 4.95. The van der Waals surface area contributed by atoms with E-state index >= 15 is 0 Å². The maximum absolute atomic E-state index is 12.0. The third-order valence-corrected chi connectivity index (χ3v) is 3.32. The average Bonchev–Trinajstić information content (AvgIpc) is 3.01. The van der Waals surface area contributed by atoms with Crippen molar-refractivity contribution in [2.75, 3.05) is 13.2 Å². The van der Waals surface area contributed by atoms with Crippen molar-refractivity contribution in [2.45, 2.75) is 26.3 Å². The van der Waals surface area contributed by atoms with Crippen LogP contribution in [0, 0.1) is 0 Å². The minimum atomic E-state index is -0.703. The topological polar surface area (TPSA) is 113 Å². The number of nitrogens with zero attached hydrogens (tertiary/aromatic N) is 1. The highest BCUT2D eigenvalue weighted by Gasteiger charge is 2.19. The molecule has 1 heterocycles. The number of amides is 2. The number of carbonyl (C=O) groups is 3. The van der Waals surface area contributed by atoms with E-state index in [2.05, 4.69) is 20.8 Å². The summed E-state index contributed by atoms with van der Waals surface area (Å²) in [6, 6.07) is 6.40. The Hall–Kier alpha value is -2.90. The van der Waals surface area contributed by atoms with E-state index in [1.54, 1.807) is 25.1 Å². The molecular weight excluding hydrogens is 312 g/mol. The first-order valence-electron chi connectivity index (χ1n) is 7.70. The first-order chi connectivity index (χ1) is 11.5. The maximum atomic E-state index is 12.0. The Morgan fingerprint density at radius 3 is 2.79 bits per heavy atom. The van der Waals surface area contributed by atoms with Gasteiger partial charge in [-0.1, -0.05) is 25.1 Å². The predicted molar refractivity (Wildman–Crippen MR) is 87.3 cm³/mol. The molecule has 0 bridgehead atoms. The number of para-hydroxylation sites is 1. The highest BCUT2D eigenvalue weighted by Crippen LogP contribution is 2.15. The number of benzene rings is 1. The molecule has 0 saturated carbocycles. The van der Waals surface area contributed by atoms with Gasteiger partial charge in [-0.05, 0) is 19.4 Å². The van der Waals surface area contributed by atoms with Gasteiger partial charge in [-0.25, -0.2) is 4.79 Å². The molecule has 128 valence electrons. The molecule has 0 saturated heterocycles. The van der Waals surface area contributed by atoms with E-state index in [0.29, 0.717) is 17.4 Å². The third-order valence-electron chi connectivity index (χ3n) is 3.32. The summed E-state index contributed by atoms with van der Waals surface area (Å²) in [5.41, 5.74) is 0.822. The fourth-order valence-corrected chi connectivity index (χ4v) is 2.07. The van der Waals surface area contributed by atoms with Crippen molar-refractivity contribution in [3.8, 4) is 0 Å². The summed E-state index contributed by atoms with van der Waals surface area (Å²) in [7, 11) is 0. The molecule has 2 rings (SSSR count). The fourth-order valence-electron chi connectivity index (χ4n) is 2.07. The molecule has 0 aliphatic heterocycles. The van der Waals surface area contributed by atoms with E-state index in [9.17, 15) is 14.4 Å². The second-order valence-electron chi connectivity index (χ2n) is 5.27. The molecular formula is C16H20N4O4. The second kappa shape index (κ2) is 8.09. The Labute approximate surface area is 138 Å². The number of nitrogens with one attached hydrogen (secondary N) is 3. The molecule has 8 heteroatoms.